The number of amides is 1. The maximum atomic E-state index is 11.5. The summed E-state index contributed by atoms with van der Waals surface area (Å²) in [4.78, 5) is 21.4. The molecular formula is C10H12ClN3O2. The van der Waals surface area contributed by atoms with Crippen molar-refractivity contribution >= 4 is 23.6 Å². The molecule has 1 amide bonds. The minimum absolute atomic E-state index is 0.279. The van der Waals surface area contributed by atoms with E-state index in [2.05, 4.69) is 9.97 Å². The van der Waals surface area contributed by atoms with Crippen molar-refractivity contribution in [3.63, 3.8) is 0 Å². The van der Waals surface area contributed by atoms with E-state index in [1.165, 1.54) is 4.90 Å². The molecule has 2 rings (SSSR count). The molecule has 1 fully saturated rings. The summed E-state index contributed by atoms with van der Waals surface area (Å²) in [6.45, 7) is 4.13. The first-order chi connectivity index (χ1) is 7.60. The molecule has 86 valence electrons. The van der Waals surface area contributed by atoms with Gasteiger partial charge >= 0.3 is 6.09 Å². The molecule has 1 aliphatic rings. The normalized spacial score (nSPS) is 20.1. The zero-order chi connectivity index (χ0) is 11.7. The molecule has 1 aliphatic heterocycles. The van der Waals surface area contributed by atoms with Crippen molar-refractivity contribution in [2.75, 3.05) is 17.3 Å². The van der Waals surface area contributed by atoms with Gasteiger partial charge in [0.15, 0.2) is 0 Å². The van der Waals surface area contributed by atoms with Crippen LogP contribution in [0.15, 0.2) is 6.07 Å². The van der Waals surface area contributed by atoms with Gasteiger partial charge in [-0.1, -0.05) is 0 Å². The summed E-state index contributed by atoms with van der Waals surface area (Å²) in [5.74, 6) is 0.669. The van der Waals surface area contributed by atoms with E-state index in [1.807, 2.05) is 19.9 Å². The third-order valence-corrected chi connectivity index (χ3v) is 2.60. The molecule has 16 heavy (non-hydrogen) atoms. The highest BCUT2D eigenvalue weighted by Crippen LogP contribution is 2.19. The standard InChI is InChI=1S/C10H12ClN3O2/c1-6-3-7(2)13-9(12-6)14-5-8(4-11)16-10(14)15/h3,8H,4-5H2,1-2H3. The Morgan fingerprint density at radius 1 is 1.50 bits per heavy atom. The SMILES string of the molecule is Cc1cc(C)nc(N2CC(CCl)OC2=O)n1. The first-order valence-electron chi connectivity index (χ1n) is 4.96. The number of halogens is 1. The fraction of sp³-hybridized carbons (Fsp3) is 0.500. The molecule has 0 aromatic carbocycles. The van der Waals surface area contributed by atoms with Gasteiger partial charge in [0, 0.05) is 11.4 Å². The lowest BCUT2D eigenvalue weighted by molar-refractivity contribution is 0.151. The molecule has 6 heteroatoms. The first kappa shape index (κ1) is 11.1. The number of ether oxygens (including phenoxy) is 1. The highest BCUT2D eigenvalue weighted by atomic mass is 35.5. The van der Waals surface area contributed by atoms with E-state index in [0.29, 0.717) is 12.5 Å². The predicted molar refractivity (Wildman–Crippen MR) is 59.8 cm³/mol. The van der Waals surface area contributed by atoms with Gasteiger partial charge in [0.25, 0.3) is 0 Å². The zero-order valence-electron chi connectivity index (χ0n) is 9.11. The molecule has 0 saturated carbocycles. The minimum Gasteiger partial charge on any atom is -0.443 e. The Morgan fingerprint density at radius 2 is 2.12 bits per heavy atom. The van der Waals surface area contributed by atoms with Crippen LogP contribution in [0.2, 0.25) is 0 Å². The van der Waals surface area contributed by atoms with Crippen LogP contribution >= 0.6 is 11.6 Å². The fourth-order valence-electron chi connectivity index (χ4n) is 1.59. The maximum Gasteiger partial charge on any atom is 0.417 e. The average Bonchev–Trinajstić information content (AvgIpc) is 2.58. The predicted octanol–water partition coefficient (Wildman–Crippen LogP) is 1.66. The Morgan fingerprint density at radius 3 is 2.62 bits per heavy atom. The second-order valence-corrected chi connectivity index (χ2v) is 4.03. The quantitative estimate of drug-likeness (QED) is 0.739. The van der Waals surface area contributed by atoms with Crippen LogP contribution in [-0.2, 0) is 4.74 Å². The van der Waals surface area contributed by atoms with Crippen molar-refractivity contribution in [2.45, 2.75) is 20.0 Å². The highest BCUT2D eigenvalue weighted by molar-refractivity contribution is 6.18. The summed E-state index contributed by atoms with van der Waals surface area (Å²) in [6.07, 6.45) is -0.714. The summed E-state index contributed by atoms with van der Waals surface area (Å²) >= 11 is 5.64. The number of rotatable bonds is 2. The van der Waals surface area contributed by atoms with Gasteiger partial charge < -0.3 is 4.74 Å². The van der Waals surface area contributed by atoms with Gasteiger partial charge in [-0.25, -0.2) is 19.7 Å². The Hall–Kier alpha value is -1.36. The third-order valence-electron chi connectivity index (χ3n) is 2.26. The Labute approximate surface area is 98.4 Å². The van der Waals surface area contributed by atoms with Gasteiger partial charge in [0.05, 0.1) is 12.4 Å². The number of hydrogen-bond acceptors (Lipinski definition) is 4. The van der Waals surface area contributed by atoms with E-state index in [4.69, 9.17) is 16.3 Å². The van der Waals surface area contributed by atoms with Crippen LogP contribution in [0.1, 0.15) is 11.4 Å². The maximum absolute atomic E-state index is 11.5. The van der Waals surface area contributed by atoms with Crippen LogP contribution in [0, 0.1) is 13.8 Å². The lowest BCUT2D eigenvalue weighted by atomic mass is 10.3. The third kappa shape index (κ3) is 2.09. The summed E-state index contributed by atoms with van der Waals surface area (Å²) in [5, 5.41) is 0. The van der Waals surface area contributed by atoms with E-state index in [0.717, 1.165) is 11.4 Å². The number of hydrogen-bond donors (Lipinski definition) is 0. The molecule has 1 aromatic heterocycles. The largest absolute Gasteiger partial charge is 0.443 e. The molecule has 0 radical (unpaired) electrons. The van der Waals surface area contributed by atoms with Gasteiger partial charge in [-0.15, -0.1) is 11.6 Å². The van der Waals surface area contributed by atoms with Crippen LogP contribution in [-0.4, -0.2) is 34.6 Å². The number of nitrogens with zero attached hydrogens (tertiary/aromatic N) is 3. The Kier molecular flexibility index (Phi) is 2.96. The number of aryl methyl sites for hydroxylation is 2. The molecule has 5 nitrogen and oxygen atoms in total. The van der Waals surface area contributed by atoms with E-state index in [1.54, 1.807) is 0 Å². The van der Waals surface area contributed by atoms with Crippen molar-refractivity contribution in [2.24, 2.45) is 0 Å². The molecule has 1 aromatic rings. The number of aromatic nitrogens is 2. The van der Waals surface area contributed by atoms with Crippen molar-refractivity contribution in [1.82, 2.24) is 9.97 Å². The Bertz CT molecular complexity index is 404. The van der Waals surface area contributed by atoms with Crippen LogP contribution < -0.4 is 4.90 Å². The van der Waals surface area contributed by atoms with Crippen molar-refractivity contribution in [3.8, 4) is 0 Å². The minimum atomic E-state index is -0.435. The van der Waals surface area contributed by atoms with Gasteiger partial charge in [-0.2, -0.15) is 0 Å². The van der Waals surface area contributed by atoms with Crippen molar-refractivity contribution in [1.29, 1.82) is 0 Å². The molecule has 0 N–H and O–H groups in total. The lowest BCUT2D eigenvalue weighted by Crippen LogP contribution is -2.27. The van der Waals surface area contributed by atoms with Crippen LogP contribution in [0.25, 0.3) is 0 Å². The first-order valence-corrected chi connectivity index (χ1v) is 5.50. The Balaban J connectivity index is 2.27. The van der Waals surface area contributed by atoms with Crippen LogP contribution in [0.5, 0.6) is 0 Å². The van der Waals surface area contributed by atoms with Gasteiger partial charge in [-0.3, -0.25) is 0 Å². The summed E-state index contributed by atoms with van der Waals surface area (Å²) < 4.78 is 5.03. The van der Waals surface area contributed by atoms with E-state index in [9.17, 15) is 4.79 Å². The average molecular weight is 242 g/mol. The monoisotopic (exact) mass is 241 g/mol. The van der Waals surface area contributed by atoms with Gasteiger partial charge in [-0.05, 0) is 19.9 Å². The number of carbonyl (C=O) groups is 1. The van der Waals surface area contributed by atoms with Crippen molar-refractivity contribution < 1.29 is 9.53 Å². The van der Waals surface area contributed by atoms with E-state index >= 15 is 0 Å². The number of anilines is 1. The molecule has 0 spiro atoms. The van der Waals surface area contributed by atoms with Crippen LogP contribution in [0.4, 0.5) is 10.7 Å². The van der Waals surface area contributed by atoms with E-state index in [-0.39, 0.29) is 12.0 Å². The molecule has 1 saturated heterocycles. The molecule has 1 unspecified atom stereocenters. The van der Waals surface area contributed by atoms with Crippen molar-refractivity contribution in [3.05, 3.63) is 17.5 Å². The smallest absolute Gasteiger partial charge is 0.417 e. The van der Waals surface area contributed by atoms with Gasteiger partial charge in [0.1, 0.15) is 6.10 Å². The molecule has 0 aliphatic carbocycles. The second kappa shape index (κ2) is 4.25. The topological polar surface area (TPSA) is 55.3 Å². The number of carbonyl (C=O) groups excluding carboxylic acids is 1. The molecule has 1 atom stereocenters. The number of cyclic esters (lactones) is 1. The molecular weight excluding hydrogens is 230 g/mol. The fourth-order valence-corrected chi connectivity index (χ4v) is 1.75. The van der Waals surface area contributed by atoms with Crippen LogP contribution in [0.3, 0.4) is 0 Å². The highest BCUT2D eigenvalue weighted by Gasteiger charge is 2.33. The van der Waals surface area contributed by atoms with E-state index < -0.39 is 6.09 Å². The second-order valence-electron chi connectivity index (χ2n) is 3.72. The summed E-state index contributed by atoms with van der Waals surface area (Å²) in [6, 6.07) is 1.85. The summed E-state index contributed by atoms with van der Waals surface area (Å²) in [7, 11) is 0. The van der Waals surface area contributed by atoms with Gasteiger partial charge in [0.2, 0.25) is 5.95 Å². The zero-order valence-corrected chi connectivity index (χ0v) is 9.86. The number of alkyl halides is 1. The molecule has 0 bridgehead atoms. The lowest BCUT2D eigenvalue weighted by Gasteiger charge is -2.11. The summed E-state index contributed by atoms with van der Waals surface area (Å²) in [5.41, 5.74) is 1.65. The molecule has 2 heterocycles.